The van der Waals surface area contributed by atoms with Crippen LogP contribution in [0.15, 0.2) is 46.0 Å². The molecule has 2 aromatic rings. The number of nitrogens with zero attached hydrogens (tertiary/aromatic N) is 1. The summed E-state index contributed by atoms with van der Waals surface area (Å²) in [5.41, 5.74) is 1.17. The number of rotatable bonds is 9. The van der Waals surface area contributed by atoms with E-state index in [0.29, 0.717) is 18.8 Å². The minimum atomic E-state index is -3.59. The summed E-state index contributed by atoms with van der Waals surface area (Å²) < 4.78 is 27.2. The van der Waals surface area contributed by atoms with Crippen LogP contribution >= 0.6 is 11.3 Å². The number of likely N-dealkylation sites (N-methyl/N-ethyl adjacent to an activating group) is 2. The number of sulfonamides is 1. The van der Waals surface area contributed by atoms with Crippen molar-refractivity contribution in [3.05, 3.63) is 47.3 Å². The molecule has 0 spiro atoms. The fourth-order valence-corrected chi connectivity index (χ4v) is 4.45. The van der Waals surface area contributed by atoms with E-state index >= 15 is 0 Å². The predicted octanol–water partition coefficient (Wildman–Crippen LogP) is 2.08. The highest BCUT2D eigenvalue weighted by molar-refractivity contribution is 7.94. The lowest BCUT2D eigenvalue weighted by Gasteiger charge is -2.20. The molecule has 27 heavy (non-hydrogen) atoms. The monoisotopic (exact) mass is 409 g/mol. The third-order valence-electron chi connectivity index (χ3n) is 3.76. The number of carbonyl (C=O) groups is 2. The van der Waals surface area contributed by atoms with Gasteiger partial charge in [-0.2, -0.15) is 0 Å². The van der Waals surface area contributed by atoms with E-state index in [-0.39, 0.29) is 29.0 Å². The number of hydrogen-bond acceptors (Lipinski definition) is 5. The van der Waals surface area contributed by atoms with Crippen molar-refractivity contribution in [3.63, 3.8) is 0 Å². The minimum absolute atomic E-state index is 0.0296. The van der Waals surface area contributed by atoms with Crippen molar-refractivity contribution in [1.82, 2.24) is 10.2 Å². The summed E-state index contributed by atoms with van der Waals surface area (Å²) in [6.45, 7) is 4.63. The summed E-state index contributed by atoms with van der Waals surface area (Å²) in [5.74, 6) is -0.346. The van der Waals surface area contributed by atoms with Gasteiger partial charge in [-0.15, -0.1) is 11.3 Å². The van der Waals surface area contributed by atoms with Gasteiger partial charge in [0.15, 0.2) is 0 Å². The summed E-state index contributed by atoms with van der Waals surface area (Å²) in [5, 5.41) is 4.37. The Kier molecular flexibility index (Phi) is 7.37. The molecule has 0 fully saturated rings. The van der Waals surface area contributed by atoms with Gasteiger partial charge >= 0.3 is 0 Å². The van der Waals surface area contributed by atoms with Gasteiger partial charge < -0.3 is 10.2 Å². The van der Waals surface area contributed by atoms with Gasteiger partial charge in [-0.3, -0.25) is 14.3 Å². The first-order valence-corrected chi connectivity index (χ1v) is 10.9. The number of anilines is 1. The van der Waals surface area contributed by atoms with Crippen LogP contribution in [0.4, 0.5) is 5.69 Å². The van der Waals surface area contributed by atoms with Crippen molar-refractivity contribution < 1.29 is 18.0 Å². The van der Waals surface area contributed by atoms with Gasteiger partial charge in [0.05, 0.1) is 13.0 Å². The first kappa shape index (κ1) is 20.9. The second kappa shape index (κ2) is 9.52. The topological polar surface area (TPSA) is 95.6 Å². The highest BCUT2D eigenvalue weighted by Crippen LogP contribution is 2.20. The Labute approximate surface area is 163 Å². The molecule has 0 aliphatic carbocycles. The molecule has 2 N–H and O–H groups in total. The van der Waals surface area contributed by atoms with Crippen molar-refractivity contribution in [2.75, 3.05) is 24.4 Å². The number of nitrogens with one attached hydrogen (secondary N) is 2. The Hall–Kier alpha value is -2.39. The van der Waals surface area contributed by atoms with E-state index in [1.165, 1.54) is 11.0 Å². The summed E-state index contributed by atoms with van der Waals surface area (Å²) >= 11 is 1.14. The van der Waals surface area contributed by atoms with Crippen LogP contribution < -0.4 is 10.0 Å². The molecule has 2 amide bonds. The Bertz CT molecular complexity index is 863. The lowest BCUT2D eigenvalue weighted by atomic mass is 10.1. The normalized spacial score (nSPS) is 11.0. The zero-order chi connectivity index (χ0) is 19.9. The van der Waals surface area contributed by atoms with Crippen LogP contribution in [0.5, 0.6) is 0 Å². The fraction of sp³-hybridized carbons (Fsp3) is 0.333. The largest absolute Gasteiger partial charge is 0.355 e. The van der Waals surface area contributed by atoms with E-state index in [4.69, 9.17) is 0 Å². The Morgan fingerprint density at radius 1 is 1.11 bits per heavy atom. The molecule has 0 radical (unpaired) electrons. The van der Waals surface area contributed by atoms with Crippen molar-refractivity contribution in [3.8, 4) is 0 Å². The van der Waals surface area contributed by atoms with Crippen molar-refractivity contribution >= 4 is 38.9 Å². The second-order valence-corrected chi connectivity index (χ2v) is 8.63. The van der Waals surface area contributed by atoms with Gasteiger partial charge in [0.25, 0.3) is 10.0 Å². The number of benzene rings is 1. The van der Waals surface area contributed by atoms with Crippen molar-refractivity contribution in [2.45, 2.75) is 24.5 Å². The minimum Gasteiger partial charge on any atom is -0.355 e. The molecule has 9 heteroatoms. The van der Waals surface area contributed by atoms with Crippen LogP contribution in [0.3, 0.4) is 0 Å². The fourth-order valence-electron chi connectivity index (χ4n) is 2.40. The van der Waals surface area contributed by atoms with E-state index < -0.39 is 10.0 Å². The Balaban J connectivity index is 1.98. The van der Waals surface area contributed by atoms with Gasteiger partial charge in [-0.05, 0) is 43.0 Å². The number of hydrogen-bond donors (Lipinski definition) is 2. The third-order valence-corrected chi connectivity index (χ3v) is 6.54. The van der Waals surface area contributed by atoms with E-state index in [1.54, 1.807) is 35.7 Å². The summed E-state index contributed by atoms with van der Waals surface area (Å²) in [6.07, 6.45) is 0.144. The predicted molar refractivity (Wildman–Crippen MR) is 106 cm³/mol. The van der Waals surface area contributed by atoms with Crippen LogP contribution in [0.1, 0.15) is 19.4 Å². The lowest BCUT2D eigenvalue weighted by molar-refractivity contribution is -0.135. The van der Waals surface area contributed by atoms with E-state index in [9.17, 15) is 18.0 Å². The molecule has 0 saturated heterocycles. The van der Waals surface area contributed by atoms with Gasteiger partial charge in [0.1, 0.15) is 4.21 Å². The first-order valence-electron chi connectivity index (χ1n) is 8.55. The number of amides is 2. The van der Waals surface area contributed by atoms with Gasteiger partial charge in [0, 0.05) is 18.8 Å². The van der Waals surface area contributed by atoms with Gasteiger partial charge in [-0.1, -0.05) is 18.2 Å². The Morgan fingerprint density at radius 2 is 1.81 bits per heavy atom. The van der Waals surface area contributed by atoms with Crippen molar-refractivity contribution in [2.24, 2.45) is 0 Å². The zero-order valence-corrected chi connectivity index (χ0v) is 16.9. The van der Waals surface area contributed by atoms with E-state index in [2.05, 4.69) is 10.0 Å². The highest BCUT2D eigenvalue weighted by Gasteiger charge is 2.17. The lowest BCUT2D eigenvalue weighted by Crippen LogP contribution is -2.41. The molecular formula is C18H23N3O4S2. The summed E-state index contributed by atoms with van der Waals surface area (Å²) in [6, 6.07) is 9.85. The zero-order valence-electron chi connectivity index (χ0n) is 15.3. The maximum absolute atomic E-state index is 12.4. The highest BCUT2D eigenvalue weighted by atomic mass is 32.2. The second-order valence-electron chi connectivity index (χ2n) is 5.77. The van der Waals surface area contributed by atoms with E-state index in [1.807, 2.05) is 13.8 Å². The van der Waals surface area contributed by atoms with Crippen LogP contribution in [-0.4, -0.2) is 44.8 Å². The molecule has 146 valence electrons. The molecule has 0 saturated carbocycles. The smallest absolute Gasteiger partial charge is 0.271 e. The third kappa shape index (κ3) is 6.07. The molecule has 0 unspecified atom stereocenters. The van der Waals surface area contributed by atoms with Crippen LogP contribution in [0, 0.1) is 0 Å². The molecule has 1 aromatic carbocycles. The quantitative estimate of drug-likeness (QED) is 0.663. The molecule has 1 aromatic heterocycles. The average Bonchev–Trinajstić information content (AvgIpc) is 3.17. The average molecular weight is 410 g/mol. The van der Waals surface area contributed by atoms with Crippen LogP contribution in [0.25, 0.3) is 0 Å². The summed E-state index contributed by atoms with van der Waals surface area (Å²) in [4.78, 5) is 25.5. The van der Waals surface area contributed by atoms with Gasteiger partial charge in [-0.25, -0.2) is 8.42 Å². The maximum Gasteiger partial charge on any atom is 0.271 e. The summed E-state index contributed by atoms with van der Waals surface area (Å²) in [7, 11) is -3.59. The standard InChI is InChI=1S/C18H23N3O4S2/c1-3-19-16(22)13-21(4-2)17(23)12-14-7-9-15(10-8-14)20-27(24,25)18-6-5-11-26-18/h5-11,20H,3-4,12-13H2,1-2H3,(H,19,22). The Morgan fingerprint density at radius 3 is 2.37 bits per heavy atom. The van der Waals surface area contributed by atoms with Crippen LogP contribution in [0.2, 0.25) is 0 Å². The molecule has 0 aliphatic heterocycles. The van der Waals surface area contributed by atoms with Crippen LogP contribution in [-0.2, 0) is 26.0 Å². The number of carbonyl (C=O) groups excluding carboxylic acids is 2. The molecular weight excluding hydrogens is 386 g/mol. The maximum atomic E-state index is 12.4. The first-order chi connectivity index (χ1) is 12.9. The van der Waals surface area contributed by atoms with Gasteiger partial charge in [0.2, 0.25) is 11.8 Å². The van der Waals surface area contributed by atoms with E-state index in [0.717, 1.165) is 16.9 Å². The molecule has 0 aliphatic rings. The molecule has 2 rings (SSSR count). The SMILES string of the molecule is CCNC(=O)CN(CC)C(=O)Cc1ccc(NS(=O)(=O)c2cccs2)cc1. The molecule has 1 heterocycles. The molecule has 0 atom stereocenters. The molecule has 0 bridgehead atoms. The molecule has 7 nitrogen and oxygen atoms in total. The van der Waals surface area contributed by atoms with Crippen molar-refractivity contribution in [1.29, 1.82) is 0 Å². The number of thiophene rings is 1.